The zero-order chi connectivity index (χ0) is 27.3. The van der Waals surface area contributed by atoms with E-state index in [1.165, 1.54) is 4.90 Å². The average molecular weight is 526 g/mol. The van der Waals surface area contributed by atoms with Crippen LogP contribution >= 0.6 is 0 Å². The fourth-order valence-electron chi connectivity index (χ4n) is 7.06. The molecule has 4 aliphatic rings. The summed E-state index contributed by atoms with van der Waals surface area (Å²) >= 11 is 0. The van der Waals surface area contributed by atoms with E-state index in [1.54, 1.807) is 6.21 Å². The number of likely N-dealkylation sites (tertiary alicyclic amines) is 1. The van der Waals surface area contributed by atoms with Crippen molar-refractivity contribution in [2.75, 3.05) is 0 Å². The maximum Gasteiger partial charge on any atom is 0.244 e. The first-order valence-corrected chi connectivity index (χ1v) is 13.5. The zero-order valence-corrected chi connectivity index (χ0v) is 21.7. The molecule has 1 heterocycles. The highest BCUT2D eigenvalue weighted by Gasteiger charge is 2.67. The molecule has 3 amide bonds. The van der Waals surface area contributed by atoms with Gasteiger partial charge in [0, 0.05) is 12.1 Å². The number of nitrogens with one attached hydrogen (secondary N) is 1. The van der Waals surface area contributed by atoms with Gasteiger partial charge in [-0.25, -0.2) is 5.43 Å². The average Bonchev–Trinajstić information content (AvgIpc) is 3.24. The summed E-state index contributed by atoms with van der Waals surface area (Å²) in [5, 5.41) is 4.48. The molecule has 0 spiro atoms. The molecule has 40 heavy (non-hydrogen) atoms. The molecule has 3 aliphatic carbocycles. The van der Waals surface area contributed by atoms with Gasteiger partial charge in [-0.2, -0.15) is 5.10 Å². The molecule has 0 radical (unpaired) electrons. The SMILES string of the molecule is O=C(Cc1ccccc1)N/N=C\C12c3ccccc3C(c3ccccc31)[C@@H]1C(=O)N(Cc3ccccc3)C(=O)[C@H]12. The third-order valence-electron chi connectivity index (χ3n) is 8.62. The van der Waals surface area contributed by atoms with Gasteiger partial charge in [-0.15, -0.1) is 0 Å². The molecule has 8 rings (SSSR count). The van der Waals surface area contributed by atoms with Crippen LogP contribution in [0.5, 0.6) is 0 Å². The molecule has 6 nitrogen and oxygen atoms in total. The molecular weight excluding hydrogens is 498 g/mol. The van der Waals surface area contributed by atoms with Crippen molar-refractivity contribution >= 4 is 23.9 Å². The van der Waals surface area contributed by atoms with Gasteiger partial charge in [-0.05, 0) is 33.4 Å². The maximum absolute atomic E-state index is 14.3. The molecule has 1 aliphatic heterocycles. The number of benzene rings is 4. The number of rotatable bonds is 6. The molecule has 4 aromatic carbocycles. The second-order valence-corrected chi connectivity index (χ2v) is 10.7. The molecule has 1 fully saturated rings. The van der Waals surface area contributed by atoms with Crippen molar-refractivity contribution in [3.8, 4) is 0 Å². The molecule has 0 unspecified atom stereocenters. The Labute approximate surface area is 232 Å². The fourth-order valence-corrected chi connectivity index (χ4v) is 7.06. The van der Waals surface area contributed by atoms with Crippen molar-refractivity contribution in [3.63, 3.8) is 0 Å². The molecule has 196 valence electrons. The second-order valence-electron chi connectivity index (χ2n) is 10.7. The Morgan fingerprint density at radius 2 is 1.30 bits per heavy atom. The van der Waals surface area contributed by atoms with Crippen LogP contribution in [0.25, 0.3) is 0 Å². The van der Waals surface area contributed by atoms with E-state index in [1.807, 2.05) is 97.1 Å². The van der Waals surface area contributed by atoms with E-state index in [2.05, 4.69) is 22.7 Å². The number of hydrogen-bond donors (Lipinski definition) is 1. The molecule has 4 aromatic rings. The lowest BCUT2D eigenvalue weighted by Gasteiger charge is -2.52. The minimum atomic E-state index is -0.995. The van der Waals surface area contributed by atoms with Gasteiger partial charge in [0.15, 0.2) is 0 Å². The summed E-state index contributed by atoms with van der Waals surface area (Å²) in [6, 6.07) is 35.1. The van der Waals surface area contributed by atoms with Crippen LogP contribution in [-0.4, -0.2) is 28.8 Å². The summed E-state index contributed by atoms with van der Waals surface area (Å²) in [6.07, 6.45) is 1.90. The van der Waals surface area contributed by atoms with E-state index in [9.17, 15) is 14.4 Å². The standard InChI is InChI=1S/C34H27N3O3/c38-28(19-22-11-3-1-4-12-22)36-35-21-34-26-17-9-7-15-24(26)29(25-16-8-10-18-27(25)34)30-31(34)33(40)37(32(30)39)20-23-13-5-2-6-14-23/h1-18,21,29-31H,19-20H2,(H,36,38)/b35-21-/t29?,30-,31-,34?/m0/s1. The highest BCUT2D eigenvalue weighted by atomic mass is 16.2. The molecule has 2 atom stereocenters. The number of nitrogens with zero attached hydrogens (tertiary/aromatic N) is 2. The monoisotopic (exact) mass is 525 g/mol. The van der Waals surface area contributed by atoms with Crippen molar-refractivity contribution in [1.29, 1.82) is 0 Å². The Balaban J connectivity index is 1.33. The van der Waals surface area contributed by atoms with Crippen LogP contribution in [0.15, 0.2) is 114 Å². The second kappa shape index (κ2) is 9.42. The quantitative estimate of drug-likeness (QED) is 0.227. The molecule has 6 heteroatoms. The fraction of sp³-hybridized carbons (Fsp3) is 0.176. The van der Waals surface area contributed by atoms with Gasteiger partial charge >= 0.3 is 0 Å². The number of carbonyl (C=O) groups excluding carboxylic acids is 3. The molecule has 1 N–H and O–H groups in total. The van der Waals surface area contributed by atoms with Gasteiger partial charge in [0.05, 0.1) is 30.2 Å². The largest absolute Gasteiger partial charge is 0.278 e. The van der Waals surface area contributed by atoms with Gasteiger partial charge in [0.25, 0.3) is 0 Å². The van der Waals surface area contributed by atoms with Crippen LogP contribution < -0.4 is 5.43 Å². The van der Waals surface area contributed by atoms with Gasteiger partial charge in [0.1, 0.15) is 0 Å². The molecule has 0 aromatic heterocycles. The number of imide groups is 1. The van der Waals surface area contributed by atoms with Crippen molar-refractivity contribution in [2.45, 2.75) is 24.3 Å². The summed E-state index contributed by atoms with van der Waals surface area (Å²) in [6.45, 7) is 0.228. The predicted molar refractivity (Wildman–Crippen MR) is 151 cm³/mol. The lowest BCUT2D eigenvalue weighted by molar-refractivity contribution is -0.140. The summed E-state index contributed by atoms with van der Waals surface area (Å²) in [5.74, 6) is -2.03. The molecule has 0 saturated carbocycles. The van der Waals surface area contributed by atoms with E-state index in [0.717, 1.165) is 33.4 Å². The predicted octanol–water partition coefficient (Wildman–Crippen LogP) is 4.58. The Morgan fingerprint density at radius 1 is 0.750 bits per heavy atom. The van der Waals surface area contributed by atoms with E-state index in [4.69, 9.17) is 0 Å². The highest BCUT2D eigenvalue weighted by molar-refractivity contribution is 6.11. The van der Waals surface area contributed by atoms with Crippen molar-refractivity contribution in [1.82, 2.24) is 10.3 Å². The van der Waals surface area contributed by atoms with E-state index in [-0.39, 0.29) is 36.6 Å². The summed E-state index contributed by atoms with van der Waals surface area (Å²) in [5.41, 5.74) is 7.48. The summed E-state index contributed by atoms with van der Waals surface area (Å²) < 4.78 is 0. The normalized spacial score (nSPS) is 24.1. The Morgan fingerprint density at radius 3 is 1.93 bits per heavy atom. The van der Waals surface area contributed by atoms with Crippen LogP contribution in [0.2, 0.25) is 0 Å². The van der Waals surface area contributed by atoms with E-state index >= 15 is 0 Å². The minimum Gasteiger partial charge on any atom is -0.278 e. The van der Waals surface area contributed by atoms with Crippen molar-refractivity contribution in [2.24, 2.45) is 16.9 Å². The minimum absolute atomic E-state index is 0.154. The number of amides is 3. The third-order valence-corrected chi connectivity index (χ3v) is 8.62. The van der Waals surface area contributed by atoms with E-state index < -0.39 is 17.3 Å². The smallest absolute Gasteiger partial charge is 0.244 e. The lowest BCUT2D eigenvalue weighted by atomic mass is 9.47. The first-order valence-electron chi connectivity index (χ1n) is 13.5. The first kappa shape index (κ1) is 24.2. The molecule has 2 bridgehead atoms. The van der Waals surface area contributed by atoms with Crippen LogP contribution in [-0.2, 0) is 32.8 Å². The van der Waals surface area contributed by atoms with Crippen LogP contribution in [0.3, 0.4) is 0 Å². The Bertz CT molecular complexity index is 1620. The van der Waals surface area contributed by atoms with Gasteiger partial charge in [0.2, 0.25) is 17.7 Å². The number of carbonyl (C=O) groups is 3. The first-order chi connectivity index (χ1) is 19.6. The Kier molecular flexibility index (Phi) is 5.70. The zero-order valence-electron chi connectivity index (χ0n) is 21.7. The number of hydrogen-bond acceptors (Lipinski definition) is 4. The van der Waals surface area contributed by atoms with Crippen molar-refractivity contribution in [3.05, 3.63) is 143 Å². The molecule has 1 saturated heterocycles. The lowest BCUT2D eigenvalue weighted by Crippen LogP contribution is -2.54. The van der Waals surface area contributed by atoms with Crippen LogP contribution in [0, 0.1) is 11.8 Å². The van der Waals surface area contributed by atoms with E-state index in [0.29, 0.717) is 0 Å². The summed E-state index contributed by atoms with van der Waals surface area (Å²) in [4.78, 5) is 42.6. The topological polar surface area (TPSA) is 78.8 Å². The molecular formula is C34H27N3O3. The summed E-state index contributed by atoms with van der Waals surface area (Å²) in [7, 11) is 0. The number of hydrazone groups is 1. The van der Waals surface area contributed by atoms with Crippen LogP contribution in [0.4, 0.5) is 0 Å². The third kappa shape index (κ3) is 3.56. The highest BCUT2D eigenvalue weighted by Crippen LogP contribution is 2.63. The Hall–Kier alpha value is -4.84. The van der Waals surface area contributed by atoms with Crippen LogP contribution in [0.1, 0.15) is 39.3 Å². The van der Waals surface area contributed by atoms with Gasteiger partial charge in [-0.1, -0.05) is 109 Å². The maximum atomic E-state index is 14.3. The van der Waals surface area contributed by atoms with Gasteiger partial charge < -0.3 is 0 Å². The van der Waals surface area contributed by atoms with Crippen molar-refractivity contribution < 1.29 is 14.4 Å². The van der Waals surface area contributed by atoms with Gasteiger partial charge in [-0.3, -0.25) is 19.3 Å².